The maximum Gasteiger partial charge on any atom is 0.255 e. The number of amides is 2. The zero-order valence-corrected chi connectivity index (χ0v) is 14.1. The van der Waals surface area contributed by atoms with Crippen molar-refractivity contribution in [2.24, 2.45) is 0 Å². The largest absolute Gasteiger partial charge is 0.348 e. The van der Waals surface area contributed by atoms with E-state index in [1.807, 2.05) is 6.07 Å². The van der Waals surface area contributed by atoms with E-state index in [0.717, 1.165) is 17.7 Å². The molecule has 0 radical (unpaired) electrons. The number of carbonyl (C=O) groups is 2. The Hall–Kier alpha value is -3.61. The number of aromatic nitrogens is 1. The molecule has 0 unspecified atom stereocenters. The van der Waals surface area contributed by atoms with Gasteiger partial charge in [0.05, 0.1) is 0 Å². The number of halogens is 2. The van der Waals surface area contributed by atoms with Crippen LogP contribution in [-0.2, 0) is 6.54 Å². The van der Waals surface area contributed by atoms with Crippen LogP contribution in [0.25, 0.3) is 0 Å². The molecule has 0 aliphatic heterocycles. The molecule has 5 nitrogen and oxygen atoms in total. The average molecular weight is 367 g/mol. The monoisotopic (exact) mass is 367 g/mol. The Morgan fingerprint density at radius 3 is 2.22 bits per heavy atom. The molecule has 3 aromatic rings. The number of benzene rings is 2. The summed E-state index contributed by atoms with van der Waals surface area (Å²) in [6.45, 7) is 0.338. The number of nitrogens with zero attached hydrogens (tertiary/aromatic N) is 1. The lowest BCUT2D eigenvalue weighted by Crippen LogP contribution is -2.23. The van der Waals surface area contributed by atoms with Gasteiger partial charge in [-0.3, -0.25) is 14.6 Å². The van der Waals surface area contributed by atoms with Gasteiger partial charge in [-0.25, -0.2) is 8.78 Å². The maximum absolute atomic E-state index is 13.2. The Bertz CT molecular complexity index is 961. The molecule has 1 heterocycles. The minimum atomic E-state index is -1.05. The van der Waals surface area contributed by atoms with Gasteiger partial charge in [-0.2, -0.15) is 0 Å². The van der Waals surface area contributed by atoms with Gasteiger partial charge in [-0.15, -0.1) is 0 Å². The number of nitrogens with one attached hydrogen (secondary N) is 2. The highest BCUT2D eigenvalue weighted by Crippen LogP contribution is 2.15. The van der Waals surface area contributed by atoms with E-state index in [0.29, 0.717) is 12.1 Å². The van der Waals surface area contributed by atoms with Gasteiger partial charge in [0.25, 0.3) is 11.8 Å². The van der Waals surface area contributed by atoms with Crippen molar-refractivity contribution in [1.82, 2.24) is 10.3 Å². The fourth-order valence-corrected chi connectivity index (χ4v) is 2.34. The predicted molar refractivity (Wildman–Crippen MR) is 96.2 cm³/mol. The molecular formula is C20H15F2N3O2. The smallest absolute Gasteiger partial charge is 0.255 e. The normalized spacial score (nSPS) is 10.3. The molecule has 0 bridgehead atoms. The Morgan fingerprint density at radius 2 is 1.59 bits per heavy atom. The molecule has 0 saturated carbocycles. The zero-order chi connectivity index (χ0) is 19.2. The van der Waals surface area contributed by atoms with Crippen molar-refractivity contribution in [1.29, 1.82) is 0 Å². The van der Waals surface area contributed by atoms with Crippen molar-refractivity contribution >= 4 is 17.5 Å². The summed E-state index contributed by atoms with van der Waals surface area (Å²) < 4.78 is 26.1. The van der Waals surface area contributed by atoms with Crippen molar-refractivity contribution in [2.45, 2.75) is 6.54 Å². The second-order valence-electron chi connectivity index (χ2n) is 5.70. The third-order valence-electron chi connectivity index (χ3n) is 3.76. The Labute approximate surface area is 154 Å². The van der Waals surface area contributed by atoms with Gasteiger partial charge in [0.2, 0.25) is 0 Å². The lowest BCUT2D eigenvalue weighted by molar-refractivity contribution is 0.0949. The molecule has 2 N–H and O–H groups in total. The van der Waals surface area contributed by atoms with E-state index >= 15 is 0 Å². The number of hydrogen-bond donors (Lipinski definition) is 2. The van der Waals surface area contributed by atoms with E-state index in [4.69, 9.17) is 0 Å². The molecule has 0 aliphatic carbocycles. The van der Waals surface area contributed by atoms with Gasteiger partial charge in [0.15, 0.2) is 11.6 Å². The lowest BCUT2D eigenvalue weighted by Gasteiger charge is -2.08. The summed E-state index contributed by atoms with van der Waals surface area (Å²) in [5, 5.41) is 5.23. The summed E-state index contributed by atoms with van der Waals surface area (Å²) in [5.41, 5.74) is 1.68. The summed E-state index contributed by atoms with van der Waals surface area (Å²) in [5.74, 6) is -2.82. The van der Waals surface area contributed by atoms with Crippen LogP contribution in [0.3, 0.4) is 0 Å². The quantitative estimate of drug-likeness (QED) is 0.725. The van der Waals surface area contributed by atoms with E-state index in [1.54, 1.807) is 18.5 Å². The number of anilines is 1. The molecule has 0 fully saturated rings. The molecule has 0 aliphatic rings. The lowest BCUT2D eigenvalue weighted by atomic mass is 10.1. The van der Waals surface area contributed by atoms with Crippen LogP contribution in [0.4, 0.5) is 14.5 Å². The molecule has 1 aromatic heterocycles. The zero-order valence-electron chi connectivity index (χ0n) is 14.1. The Balaban J connectivity index is 1.61. The van der Waals surface area contributed by atoms with Gasteiger partial charge in [-0.05, 0) is 48.0 Å². The molecule has 3 rings (SSSR count). The first-order valence-electron chi connectivity index (χ1n) is 8.06. The fourth-order valence-electron chi connectivity index (χ4n) is 2.34. The molecule has 0 spiro atoms. The summed E-state index contributed by atoms with van der Waals surface area (Å²) in [7, 11) is 0. The van der Waals surface area contributed by atoms with Crippen LogP contribution >= 0.6 is 0 Å². The van der Waals surface area contributed by atoms with Crippen LogP contribution in [0, 0.1) is 11.6 Å². The van der Waals surface area contributed by atoms with Crippen LogP contribution in [0.1, 0.15) is 26.3 Å². The third kappa shape index (κ3) is 4.72. The van der Waals surface area contributed by atoms with E-state index < -0.39 is 17.5 Å². The van der Waals surface area contributed by atoms with E-state index in [2.05, 4.69) is 15.6 Å². The predicted octanol–water partition coefficient (Wildman–Crippen LogP) is 3.54. The van der Waals surface area contributed by atoms with Crippen LogP contribution in [0.15, 0.2) is 67.0 Å². The average Bonchev–Trinajstić information content (AvgIpc) is 2.70. The van der Waals surface area contributed by atoms with Crippen molar-refractivity contribution in [3.63, 3.8) is 0 Å². The Morgan fingerprint density at radius 1 is 0.889 bits per heavy atom. The van der Waals surface area contributed by atoms with Crippen LogP contribution in [0.2, 0.25) is 0 Å². The minimum Gasteiger partial charge on any atom is -0.348 e. The molecule has 27 heavy (non-hydrogen) atoms. The second kappa shape index (κ2) is 8.18. The molecular weight excluding hydrogens is 352 g/mol. The van der Waals surface area contributed by atoms with E-state index in [1.165, 1.54) is 30.3 Å². The van der Waals surface area contributed by atoms with Crippen LogP contribution in [0.5, 0.6) is 0 Å². The van der Waals surface area contributed by atoms with Crippen molar-refractivity contribution < 1.29 is 18.4 Å². The summed E-state index contributed by atoms with van der Waals surface area (Å²) >= 11 is 0. The highest BCUT2D eigenvalue weighted by atomic mass is 19.2. The Kier molecular flexibility index (Phi) is 5.51. The molecule has 136 valence electrons. The fraction of sp³-hybridized carbons (Fsp3) is 0.0500. The van der Waals surface area contributed by atoms with Gasteiger partial charge < -0.3 is 10.6 Å². The number of carbonyl (C=O) groups excluding carboxylic acids is 2. The topological polar surface area (TPSA) is 71.1 Å². The number of hydrogen-bond acceptors (Lipinski definition) is 3. The summed E-state index contributed by atoms with van der Waals surface area (Å²) in [4.78, 5) is 28.3. The van der Waals surface area contributed by atoms with Crippen LogP contribution in [-0.4, -0.2) is 16.8 Å². The van der Waals surface area contributed by atoms with Gasteiger partial charge >= 0.3 is 0 Å². The standard InChI is InChI=1S/C20H15F2N3O2/c21-17-8-7-16(10-18(17)22)25-20(27)15-5-3-14(4-6-15)19(26)24-12-13-2-1-9-23-11-13/h1-11H,12H2,(H,24,26)(H,25,27). The first kappa shape index (κ1) is 18.2. The summed E-state index contributed by atoms with van der Waals surface area (Å²) in [6.07, 6.45) is 3.31. The molecule has 2 amide bonds. The first-order valence-corrected chi connectivity index (χ1v) is 8.06. The van der Waals surface area contributed by atoms with E-state index in [9.17, 15) is 18.4 Å². The van der Waals surface area contributed by atoms with Gasteiger partial charge in [0.1, 0.15) is 0 Å². The molecule has 0 saturated heterocycles. The minimum absolute atomic E-state index is 0.136. The summed E-state index contributed by atoms with van der Waals surface area (Å²) in [6, 6.07) is 12.7. The van der Waals surface area contributed by atoms with Crippen molar-refractivity contribution in [2.75, 3.05) is 5.32 Å². The SMILES string of the molecule is O=C(NCc1cccnc1)c1ccc(C(=O)Nc2ccc(F)c(F)c2)cc1. The van der Waals surface area contributed by atoms with Crippen LogP contribution < -0.4 is 10.6 Å². The van der Waals surface area contributed by atoms with Crippen molar-refractivity contribution in [3.05, 3.63) is 95.3 Å². The number of pyridine rings is 1. The van der Waals surface area contributed by atoms with Gasteiger partial charge in [-0.1, -0.05) is 6.07 Å². The highest BCUT2D eigenvalue weighted by Gasteiger charge is 2.10. The second-order valence-corrected chi connectivity index (χ2v) is 5.70. The molecule has 7 heteroatoms. The first-order chi connectivity index (χ1) is 13.0. The number of rotatable bonds is 5. The third-order valence-corrected chi connectivity index (χ3v) is 3.76. The highest BCUT2D eigenvalue weighted by molar-refractivity contribution is 6.05. The molecule has 0 atom stereocenters. The van der Waals surface area contributed by atoms with E-state index in [-0.39, 0.29) is 17.2 Å². The maximum atomic E-state index is 13.2. The molecule has 2 aromatic carbocycles. The van der Waals surface area contributed by atoms with Crippen molar-refractivity contribution in [3.8, 4) is 0 Å². The van der Waals surface area contributed by atoms with Gasteiger partial charge in [0, 0.05) is 41.8 Å².